The standard InChI is InChI=1S/C22H29N3OS/c1-6-25(5)12-11-18-13-17(4)20(14-16(18)3)26-22(27)24-21(23)19-10-8-7-9-15(19)2/h7-10,13-14H,6,11-12H2,1-5H3,(H2,23,24,27)/p+1. The summed E-state index contributed by atoms with van der Waals surface area (Å²) in [5.74, 6) is 0.929. The van der Waals surface area contributed by atoms with E-state index in [0.717, 1.165) is 42.0 Å². The molecule has 5 heteroatoms. The zero-order chi connectivity index (χ0) is 20.0. The Bertz CT molecular complexity index is 845. The monoisotopic (exact) mass is 384 g/mol. The summed E-state index contributed by atoms with van der Waals surface area (Å²) in [6.45, 7) is 10.4. The van der Waals surface area contributed by atoms with Gasteiger partial charge in [0, 0.05) is 12.1 Å². The van der Waals surface area contributed by atoms with Crippen molar-refractivity contribution in [1.29, 1.82) is 5.41 Å². The topological polar surface area (TPSA) is 48.7 Å². The number of hydrogen-bond acceptors (Lipinski definition) is 3. The van der Waals surface area contributed by atoms with Crippen LogP contribution in [0.15, 0.2) is 41.4 Å². The van der Waals surface area contributed by atoms with Crippen LogP contribution in [0.2, 0.25) is 0 Å². The van der Waals surface area contributed by atoms with E-state index in [1.807, 2.05) is 44.2 Å². The van der Waals surface area contributed by atoms with E-state index in [0.29, 0.717) is 0 Å². The molecule has 0 saturated carbocycles. The number of likely N-dealkylation sites (N-methyl/N-ethyl adjacent to an activating group) is 1. The fraction of sp³-hybridized carbons (Fsp3) is 0.364. The van der Waals surface area contributed by atoms with Gasteiger partial charge in [-0.15, -0.1) is 4.99 Å². The first-order valence-corrected chi connectivity index (χ1v) is 9.73. The molecule has 0 atom stereocenters. The number of nitrogens with zero attached hydrogens (tertiary/aromatic N) is 2. The molecule has 0 radical (unpaired) electrons. The van der Waals surface area contributed by atoms with Gasteiger partial charge in [-0.2, -0.15) is 0 Å². The summed E-state index contributed by atoms with van der Waals surface area (Å²) >= 11 is 3.41. The second kappa shape index (κ2) is 9.72. The number of ether oxygens (including phenoxy) is 1. The smallest absolute Gasteiger partial charge is 0.402 e. The second-order valence-corrected chi connectivity index (χ2v) is 7.30. The van der Waals surface area contributed by atoms with E-state index in [4.69, 9.17) is 10.1 Å². The van der Waals surface area contributed by atoms with Crippen LogP contribution in [0.4, 0.5) is 0 Å². The van der Waals surface area contributed by atoms with Crippen LogP contribution in [0.1, 0.15) is 34.7 Å². The van der Waals surface area contributed by atoms with E-state index in [1.165, 1.54) is 11.1 Å². The van der Waals surface area contributed by atoms with Crippen molar-refractivity contribution in [3.8, 4) is 5.75 Å². The average molecular weight is 385 g/mol. The molecule has 0 amide bonds. The van der Waals surface area contributed by atoms with Gasteiger partial charge in [0.2, 0.25) is 0 Å². The highest BCUT2D eigenvalue weighted by Gasteiger charge is 2.12. The Kier molecular flexibility index (Phi) is 7.63. The number of amidine groups is 1. The number of benzene rings is 2. The maximum Gasteiger partial charge on any atom is 0.414 e. The van der Waals surface area contributed by atoms with Crippen molar-refractivity contribution < 1.29 is 4.74 Å². The van der Waals surface area contributed by atoms with Crippen molar-refractivity contribution in [2.45, 2.75) is 34.1 Å². The molecule has 0 aliphatic heterocycles. The van der Waals surface area contributed by atoms with E-state index >= 15 is 0 Å². The predicted molar refractivity (Wildman–Crippen MR) is 119 cm³/mol. The number of hydrogen-bond donors (Lipinski definition) is 1. The number of nitrogens with one attached hydrogen (secondary N) is 1. The van der Waals surface area contributed by atoms with E-state index in [-0.39, 0.29) is 11.1 Å². The molecule has 0 fully saturated rings. The number of rotatable bonds is 6. The summed E-state index contributed by atoms with van der Waals surface area (Å²) in [7, 11) is 2.14. The molecule has 0 saturated heterocycles. The molecule has 2 rings (SSSR count). The Morgan fingerprint density at radius 1 is 1.11 bits per heavy atom. The second-order valence-electron chi connectivity index (χ2n) is 6.87. The Morgan fingerprint density at radius 2 is 1.81 bits per heavy atom. The summed E-state index contributed by atoms with van der Waals surface area (Å²) < 4.78 is 5.87. The highest BCUT2D eigenvalue weighted by atomic mass is 32.1. The molecule has 2 aromatic rings. The molecule has 0 aliphatic rings. The molecule has 0 spiro atoms. The van der Waals surface area contributed by atoms with E-state index in [2.05, 4.69) is 49.5 Å². The van der Waals surface area contributed by atoms with Gasteiger partial charge in [0.25, 0.3) is 0 Å². The summed E-state index contributed by atoms with van der Waals surface area (Å²) in [6, 6.07) is 11.9. The van der Waals surface area contributed by atoms with E-state index < -0.39 is 0 Å². The normalized spacial score (nSPS) is 11.7. The van der Waals surface area contributed by atoms with Crippen LogP contribution in [0.3, 0.4) is 0 Å². The van der Waals surface area contributed by atoms with Crippen LogP contribution in [0, 0.1) is 26.2 Å². The molecular weight excluding hydrogens is 354 g/mol. The Hall–Kier alpha value is -2.11. The predicted octanol–water partition coefficient (Wildman–Crippen LogP) is 3.88. The summed E-state index contributed by atoms with van der Waals surface area (Å²) in [6.07, 6.45) is 1.02. The van der Waals surface area contributed by atoms with Crippen LogP contribution in [-0.4, -0.2) is 36.1 Å². The van der Waals surface area contributed by atoms with Crippen molar-refractivity contribution in [3.63, 3.8) is 0 Å². The molecule has 0 bridgehead atoms. The van der Waals surface area contributed by atoms with Gasteiger partial charge in [0.05, 0.1) is 12.6 Å². The quantitative estimate of drug-likeness (QED) is 0.467. The lowest BCUT2D eigenvalue weighted by Gasteiger charge is -2.16. The summed E-state index contributed by atoms with van der Waals surface area (Å²) in [4.78, 5) is 6.56. The van der Waals surface area contributed by atoms with Gasteiger partial charge < -0.3 is 9.64 Å². The zero-order valence-corrected chi connectivity index (χ0v) is 17.9. The lowest BCUT2D eigenvalue weighted by Crippen LogP contribution is -2.20. The fourth-order valence-corrected chi connectivity index (χ4v) is 3.05. The molecule has 4 nitrogen and oxygen atoms in total. The molecule has 2 aromatic carbocycles. The Balaban J connectivity index is 2.13. The molecule has 0 heterocycles. The number of aryl methyl sites for hydroxylation is 3. The SMILES string of the molecule is CCN(C)CCc1cc(C)c(OC([SH2+])=NC(=N)c2ccccc2C)cc1C. The van der Waals surface area contributed by atoms with Gasteiger partial charge in [-0.1, -0.05) is 37.3 Å². The van der Waals surface area contributed by atoms with Gasteiger partial charge >= 0.3 is 5.23 Å². The lowest BCUT2D eigenvalue weighted by molar-refractivity contribution is 0.357. The van der Waals surface area contributed by atoms with Gasteiger partial charge in [-0.05, 0) is 69.1 Å². The minimum Gasteiger partial charge on any atom is -0.402 e. The average Bonchev–Trinajstić information content (AvgIpc) is 2.63. The van der Waals surface area contributed by atoms with Crippen LogP contribution in [-0.2, 0) is 19.0 Å². The maximum atomic E-state index is 8.21. The highest BCUT2D eigenvalue weighted by molar-refractivity contribution is 7.77. The van der Waals surface area contributed by atoms with Crippen molar-refractivity contribution in [2.24, 2.45) is 4.99 Å². The summed E-state index contributed by atoms with van der Waals surface area (Å²) in [5, 5.41) is 8.49. The molecule has 144 valence electrons. The lowest BCUT2D eigenvalue weighted by atomic mass is 10.0. The third-order valence-electron chi connectivity index (χ3n) is 4.76. The first kappa shape index (κ1) is 21.2. The first-order chi connectivity index (χ1) is 12.8. The van der Waals surface area contributed by atoms with Crippen molar-refractivity contribution in [1.82, 2.24) is 4.90 Å². The van der Waals surface area contributed by atoms with Crippen molar-refractivity contribution >= 4 is 23.7 Å². The molecular formula is C22H30N3OS+. The third kappa shape index (κ3) is 5.94. The van der Waals surface area contributed by atoms with Crippen LogP contribution < -0.4 is 4.74 Å². The third-order valence-corrected chi connectivity index (χ3v) is 4.97. The van der Waals surface area contributed by atoms with Crippen LogP contribution >= 0.6 is 0 Å². The Labute approximate surface area is 168 Å². The van der Waals surface area contributed by atoms with E-state index in [9.17, 15) is 0 Å². The van der Waals surface area contributed by atoms with Gasteiger partial charge in [-0.3, -0.25) is 5.41 Å². The molecule has 0 unspecified atom stereocenters. The molecule has 27 heavy (non-hydrogen) atoms. The molecule has 0 aliphatic carbocycles. The van der Waals surface area contributed by atoms with E-state index in [1.54, 1.807) is 0 Å². The largest absolute Gasteiger partial charge is 0.414 e. The van der Waals surface area contributed by atoms with Crippen molar-refractivity contribution in [3.05, 3.63) is 64.2 Å². The van der Waals surface area contributed by atoms with Gasteiger partial charge in [-0.25, -0.2) is 0 Å². The first-order valence-electron chi connectivity index (χ1n) is 9.23. The zero-order valence-electron chi connectivity index (χ0n) is 16.9. The maximum absolute atomic E-state index is 8.21. The minimum atomic E-state index is 0.173. The van der Waals surface area contributed by atoms with Crippen molar-refractivity contribution in [2.75, 3.05) is 20.1 Å². The Morgan fingerprint density at radius 3 is 2.48 bits per heavy atom. The van der Waals surface area contributed by atoms with Crippen LogP contribution in [0.5, 0.6) is 5.75 Å². The fourth-order valence-electron chi connectivity index (χ4n) is 2.83. The van der Waals surface area contributed by atoms with Gasteiger partial charge in [0.1, 0.15) is 5.75 Å². The minimum absolute atomic E-state index is 0.173. The highest BCUT2D eigenvalue weighted by Crippen LogP contribution is 2.24. The summed E-state index contributed by atoms with van der Waals surface area (Å²) in [5.41, 5.74) is 5.40. The van der Waals surface area contributed by atoms with Gasteiger partial charge in [0.15, 0.2) is 5.84 Å². The molecule has 1 N–H and O–H groups in total. The number of aliphatic imine (C=N–C) groups is 1. The van der Waals surface area contributed by atoms with Crippen LogP contribution in [0.25, 0.3) is 0 Å². The molecule has 0 aromatic heterocycles.